The van der Waals surface area contributed by atoms with Crippen LogP contribution in [0, 0.1) is 12.3 Å². The molecule has 0 aromatic heterocycles. The molecule has 3 nitrogen and oxygen atoms in total. The number of hydrogen-bond acceptors (Lipinski definition) is 3. The van der Waals surface area contributed by atoms with Crippen molar-refractivity contribution in [1.82, 2.24) is 5.43 Å². The Hall–Kier alpha value is -0.560. The van der Waals surface area contributed by atoms with Crippen LogP contribution in [0.15, 0.2) is 0 Å². The second-order valence-electron chi connectivity index (χ2n) is 2.58. The van der Waals surface area contributed by atoms with Crippen LogP contribution in [0.3, 0.4) is 0 Å². The van der Waals surface area contributed by atoms with Gasteiger partial charge >= 0.3 is 0 Å². The van der Waals surface area contributed by atoms with Crippen LogP contribution in [0.25, 0.3) is 0 Å². The van der Waals surface area contributed by atoms with E-state index in [9.17, 15) is 0 Å². The zero-order valence-corrected chi connectivity index (χ0v) is 7.84. The molecule has 2 atom stereocenters. The van der Waals surface area contributed by atoms with Gasteiger partial charge < -0.3 is 4.74 Å². The molecule has 2 unspecified atom stereocenters. The van der Waals surface area contributed by atoms with Gasteiger partial charge in [0.15, 0.2) is 0 Å². The molecule has 0 rings (SSSR count). The maximum absolute atomic E-state index is 5.46. The molecule has 0 aliphatic rings. The molecule has 0 aliphatic heterocycles. The fourth-order valence-electron chi connectivity index (χ4n) is 1.16. The molecule has 0 spiro atoms. The standard InChI is InChI=1S/C9H18N2O/c1-4-7-8(11-10)9(5-2)12-6-3/h1,8-9,11H,5-7,10H2,2-3H3. The van der Waals surface area contributed by atoms with Crippen molar-refractivity contribution in [3.63, 3.8) is 0 Å². The molecular weight excluding hydrogens is 152 g/mol. The predicted molar refractivity (Wildman–Crippen MR) is 50.3 cm³/mol. The van der Waals surface area contributed by atoms with Gasteiger partial charge in [-0.2, -0.15) is 0 Å². The fourth-order valence-corrected chi connectivity index (χ4v) is 1.16. The van der Waals surface area contributed by atoms with Gasteiger partial charge in [-0.1, -0.05) is 6.92 Å². The molecule has 70 valence electrons. The highest BCUT2D eigenvalue weighted by atomic mass is 16.5. The molecule has 0 radical (unpaired) electrons. The van der Waals surface area contributed by atoms with Crippen molar-refractivity contribution >= 4 is 0 Å². The molecule has 0 aliphatic carbocycles. The Morgan fingerprint density at radius 2 is 2.25 bits per heavy atom. The van der Waals surface area contributed by atoms with Gasteiger partial charge in [-0.25, -0.2) is 0 Å². The van der Waals surface area contributed by atoms with E-state index < -0.39 is 0 Å². The van der Waals surface area contributed by atoms with Crippen molar-refractivity contribution in [1.29, 1.82) is 0 Å². The summed E-state index contributed by atoms with van der Waals surface area (Å²) in [5.41, 5.74) is 2.67. The summed E-state index contributed by atoms with van der Waals surface area (Å²) in [4.78, 5) is 0. The normalized spacial score (nSPS) is 15.2. The van der Waals surface area contributed by atoms with Crippen LogP contribution in [0.4, 0.5) is 0 Å². The Kier molecular flexibility index (Phi) is 6.78. The first kappa shape index (κ1) is 11.4. The second kappa shape index (κ2) is 7.11. The summed E-state index contributed by atoms with van der Waals surface area (Å²) in [5, 5.41) is 0. The van der Waals surface area contributed by atoms with Crippen molar-refractivity contribution in [2.45, 2.75) is 38.8 Å². The molecule has 3 N–H and O–H groups in total. The van der Waals surface area contributed by atoms with Gasteiger partial charge in [0.05, 0.1) is 12.1 Å². The van der Waals surface area contributed by atoms with E-state index in [0.29, 0.717) is 13.0 Å². The maximum Gasteiger partial charge on any atom is 0.0748 e. The van der Waals surface area contributed by atoms with Crippen LogP contribution in [-0.2, 0) is 4.74 Å². The molecule has 0 saturated carbocycles. The Morgan fingerprint density at radius 1 is 1.58 bits per heavy atom. The predicted octanol–water partition coefficient (Wildman–Crippen LogP) is 0.657. The van der Waals surface area contributed by atoms with Crippen LogP contribution in [0.2, 0.25) is 0 Å². The summed E-state index contributed by atoms with van der Waals surface area (Å²) in [6.45, 7) is 4.72. The first-order valence-corrected chi connectivity index (χ1v) is 4.31. The Morgan fingerprint density at radius 3 is 2.58 bits per heavy atom. The average Bonchev–Trinajstić information content (AvgIpc) is 2.11. The number of nitrogens with two attached hydrogens (primary N) is 1. The lowest BCUT2D eigenvalue weighted by Crippen LogP contribution is -2.44. The van der Waals surface area contributed by atoms with E-state index in [2.05, 4.69) is 18.3 Å². The number of ether oxygens (including phenoxy) is 1. The molecule has 0 aromatic rings. The molecule has 0 heterocycles. The van der Waals surface area contributed by atoms with Crippen molar-refractivity contribution in [2.24, 2.45) is 5.84 Å². The minimum atomic E-state index is 0.0694. The molecule has 0 aromatic carbocycles. The SMILES string of the molecule is C#CCC(NN)C(CC)OCC. The third-order valence-electron chi connectivity index (χ3n) is 1.78. The number of hydrogen-bond donors (Lipinski definition) is 2. The molecule has 3 heteroatoms. The molecule has 0 fully saturated rings. The van der Waals surface area contributed by atoms with Gasteiger partial charge in [0.25, 0.3) is 0 Å². The summed E-state index contributed by atoms with van der Waals surface area (Å²) < 4.78 is 5.46. The zero-order chi connectivity index (χ0) is 9.40. The van der Waals surface area contributed by atoms with Crippen LogP contribution < -0.4 is 11.3 Å². The van der Waals surface area contributed by atoms with Gasteiger partial charge in [-0.05, 0) is 13.3 Å². The topological polar surface area (TPSA) is 47.3 Å². The first-order chi connectivity index (χ1) is 5.79. The summed E-state index contributed by atoms with van der Waals surface area (Å²) in [7, 11) is 0. The first-order valence-electron chi connectivity index (χ1n) is 4.31. The molecule has 0 saturated heterocycles. The molecule has 0 amide bonds. The van der Waals surface area contributed by atoms with Gasteiger partial charge in [-0.3, -0.25) is 11.3 Å². The lowest BCUT2D eigenvalue weighted by Gasteiger charge is -2.23. The highest BCUT2D eigenvalue weighted by Gasteiger charge is 2.17. The Bertz CT molecular complexity index is 142. The third-order valence-corrected chi connectivity index (χ3v) is 1.78. The van der Waals surface area contributed by atoms with Gasteiger partial charge in [-0.15, -0.1) is 12.3 Å². The lowest BCUT2D eigenvalue weighted by molar-refractivity contribution is 0.0331. The number of nitrogens with one attached hydrogen (secondary N) is 1. The number of rotatable bonds is 6. The minimum Gasteiger partial charge on any atom is -0.377 e. The number of terminal acetylenes is 1. The van der Waals surface area contributed by atoms with Crippen molar-refractivity contribution < 1.29 is 4.74 Å². The quantitative estimate of drug-likeness (QED) is 0.350. The average molecular weight is 170 g/mol. The highest BCUT2D eigenvalue weighted by molar-refractivity contribution is 4.92. The van der Waals surface area contributed by atoms with Crippen LogP contribution >= 0.6 is 0 Å². The molecule has 0 bridgehead atoms. The van der Waals surface area contributed by atoms with E-state index in [1.54, 1.807) is 0 Å². The summed E-state index contributed by atoms with van der Waals surface area (Å²) >= 11 is 0. The molecular formula is C9H18N2O. The van der Waals surface area contributed by atoms with Crippen molar-refractivity contribution in [2.75, 3.05) is 6.61 Å². The maximum atomic E-state index is 5.46. The summed E-state index contributed by atoms with van der Waals surface area (Å²) in [6.07, 6.45) is 6.84. The smallest absolute Gasteiger partial charge is 0.0748 e. The van der Waals surface area contributed by atoms with E-state index in [0.717, 1.165) is 6.42 Å². The lowest BCUT2D eigenvalue weighted by atomic mass is 10.1. The van der Waals surface area contributed by atoms with Crippen molar-refractivity contribution in [3.8, 4) is 12.3 Å². The van der Waals surface area contributed by atoms with Gasteiger partial charge in [0, 0.05) is 13.0 Å². The summed E-state index contributed by atoms with van der Waals surface area (Å²) in [5.74, 6) is 7.91. The highest BCUT2D eigenvalue weighted by Crippen LogP contribution is 2.06. The van der Waals surface area contributed by atoms with E-state index in [-0.39, 0.29) is 12.1 Å². The largest absolute Gasteiger partial charge is 0.377 e. The fraction of sp³-hybridized carbons (Fsp3) is 0.778. The van der Waals surface area contributed by atoms with E-state index in [1.807, 2.05) is 6.92 Å². The van der Waals surface area contributed by atoms with Crippen LogP contribution in [0.1, 0.15) is 26.7 Å². The zero-order valence-electron chi connectivity index (χ0n) is 7.84. The second-order valence-corrected chi connectivity index (χ2v) is 2.58. The van der Waals surface area contributed by atoms with E-state index >= 15 is 0 Å². The van der Waals surface area contributed by atoms with Gasteiger partial charge in [0.1, 0.15) is 0 Å². The van der Waals surface area contributed by atoms with E-state index in [1.165, 1.54) is 0 Å². The van der Waals surface area contributed by atoms with Crippen LogP contribution in [-0.4, -0.2) is 18.8 Å². The number of hydrazine groups is 1. The Labute approximate surface area is 74.6 Å². The Balaban J connectivity index is 3.95. The monoisotopic (exact) mass is 170 g/mol. The van der Waals surface area contributed by atoms with Crippen LogP contribution in [0.5, 0.6) is 0 Å². The van der Waals surface area contributed by atoms with Gasteiger partial charge in [0.2, 0.25) is 0 Å². The summed E-state index contributed by atoms with van der Waals surface area (Å²) in [6, 6.07) is 0.0694. The molecule has 12 heavy (non-hydrogen) atoms. The minimum absolute atomic E-state index is 0.0694. The van der Waals surface area contributed by atoms with Crippen molar-refractivity contribution in [3.05, 3.63) is 0 Å². The van der Waals surface area contributed by atoms with E-state index in [4.69, 9.17) is 17.0 Å². The third kappa shape index (κ3) is 3.72.